The molecule has 1 atom stereocenters. The zero-order valence-corrected chi connectivity index (χ0v) is 11.8. The maximum atomic E-state index is 4.23. The molecule has 1 heterocycles. The Morgan fingerprint density at radius 2 is 2.00 bits per heavy atom. The van der Waals surface area contributed by atoms with Crippen LogP contribution < -0.4 is 5.32 Å². The Morgan fingerprint density at radius 1 is 1.21 bits per heavy atom. The monoisotopic (exact) mass is 257 g/mol. The van der Waals surface area contributed by atoms with Crippen LogP contribution in [0.2, 0.25) is 0 Å². The highest BCUT2D eigenvalue weighted by Gasteiger charge is 2.09. The van der Waals surface area contributed by atoms with E-state index in [9.17, 15) is 0 Å². The zero-order chi connectivity index (χ0) is 13.5. The zero-order valence-electron chi connectivity index (χ0n) is 11.8. The molecule has 102 valence electrons. The first-order valence-corrected chi connectivity index (χ1v) is 6.94. The average Bonchev–Trinajstić information content (AvgIpc) is 2.83. The van der Waals surface area contributed by atoms with Gasteiger partial charge in [0.2, 0.25) is 0 Å². The number of nitrogens with zero attached hydrogens (tertiary/aromatic N) is 2. The van der Waals surface area contributed by atoms with Gasteiger partial charge < -0.3 is 5.32 Å². The topological polar surface area (TPSA) is 29.9 Å². The lowest BCUT2D eigenvalue weighted by atomic mass is 9.93. The van der Waals surface area contributed by atoms with Crippen molar-refractivity contribution in [2.24, 2.45) is 13.0 Å². The lowest BCUT2D eigenvalue weighted by Gasteiger charge is -2.16. The van der Waals surface area contributed by atoms with Gasteiger partial charge >= 0.3 is 0 Å². The second kappa shape index (κ2) is 7.10. The third-order valence-corrected chi connectivity index (χ3v) is 3.46. The van der Waals surface area contributed by atoms with Gasteiger partial charge in [-0.2, -0.15) is 5.10 Å². The van der Waals surface area contributed by atoms with Gasteiger partial charge in [0.15, 0.2) is 0 Å². The van der Waals surface area contributed by atoms with Gasteiger partial charge in [0.25, 0.3) is 0 Å². The predicted molar refractivity (Wildman–Crippen MR) is 79.1 cm³/mol. The van der Waals surface area contributed by atoms with Crippen LogP contribution in [0.1, 0.15) is 17.5 Å². The molecule has 0 bridgehead atoms. The number of hydrogen-bond donors (Lipinski definition) is 1. The van der Waals surface area contributed by atoms with E-state index in [4.69, 9.17) is 0 Å². The van der Waals surface area contributed by atoms with Crippen molar-refractivity contribution < 1.29 is 0 Å². The van der Waals surface area contributed by atoms with Gasteiger partial charge in [-0.15, -0.1) is 0 Å². The van der Waals surface area contributed by atoms with Crippen LogP contribution >= 0.6 is 0 Å². The number of nitrogens with one attached hydrogen (secondary N) is 1. The summed E-state index contributed by atoms with van der Waals surface area (Å²) >= 11 is 0. The first kappa shape index (κ1) is 13.8. The minimum Gasteiger partial charge on any atom is -0.319 e. The molecule has 0 aliphatic carbocycles. The van der Waals surface area contributed by atoms with Crippen LogP contribution in [0.5, 0.6) is 0 Å². The molecule has 3 nitrogen and oxygen atoms in total. The van der Waals surface area contributed by atoms with Crippen molar-refractivity contribution in [3.05, 3.63) is 53.9 Å². The van der Waals surface area contributed by atoms with E-state index in [2.05, 4.69) is 46.9 Å². The Hall–Kier alpha value is -1.61. The molecule has 0 fully saturated rings. The molecular formula is C16H23N3. The van der Waals surface area contributed by atoms with Gasteiger partial charge in [0.1, 0.15) is 0 Å². The van der Waals surface area contributed by atoms with Crippen molar-refractivity contribution in [1.29, 1.82) is 0 Å². The average molecular weight is 257 g/mol. The SMILES string of the molecule is CNCC(CCc1cnn(C)c1)Cc1ccccc1. The van der Waals surface area contributed by atoms with Gasteiger partial charge in [-0.05, 0) is 49.9 Å². The van der Waals surface area contributed by atoms with Gasteiger partial charge in [0.05, 0.1) is 6.20 Å². The van der Waals surface area contributed by atoms with Crippen LogP contribution in [-0.4, -0.2) is 23.4 Å². The summed E-state index contributed by atoms with van der Waals surface area (Å²) in [5.74, 6) is 0.674. The molecule has 1 N–H and O–H groups in total. The highest BCUT2D eigenvalue weighted by molar-refractivity contribution is 5.15. The van der Waals surface area contributed by atoms with E-state index in [-0.39, 0.29) is 0 Å². The van der Waals surface area contributed by atoms with Crippen LogP contribution in [0.4, 0.5) is 0 Å². The number of benzene rings is 1. The molecule has 2 rings (SSSR count). The van der Waals surface area contributed by atoms with Crippen LogP contribution in [0, 0.1) is 5.92 Å². The Kier molecular flexibility index (Phi) is 5.16. The van der Waals surface area contributed by atoms with Crippen LogP contribution in [-0.2, 0) is 19.9 Å². The van der Waals surface area contributed by atoms with Gasteiger partial charge in [-0.1, -0.05) is 30.3 Å². The molecule has 1 aromatic heterocycles. The minimum atomic E-state index is 0.674. The molecule has 1 unspecified atom stereocenters. The smallest absolute Gasteiger partial charge is 0.0521 e. The van der Waals surface area contributed by atoms with Gasteiger partial charge in [-0.25, -0.2) is 0 Å². The second-order valence-corrected chi connectivity index (χ2v) is 5.17. The fourth-order valence-electron chi connectivity index (χ4n) is 2.48. The van der Waals surface area contributed by atoms with Crippen LogP contribution in [0.15, 0.2) is 42.7 Å². The van der Waals surface area contributed by atoms with E-state index < -0.39 is 0 Å². The first-order valence-electron chi connectivity index (χ1n) is 6.94. The molecular weight excluding hydrogens is 234 g/mol. The molecule has 1 aromatic carbocycles. The van der Waals surface area contributed by atoms with Crippen molar-refractivity contribution in [3.8, 4) is 0 Å². The Labute approximate surface area is 115 Å². The maximum absolute atomic E-state index is 4.23. The summed E-state index contributed by atoms with van der Waals surface area (Å²) in [7, 11) is 4.00. The van der Waals surface area contributed by atoms with E-state index in [0.29, 0.717) is 5.92 Å². The molecule has 3 heteroatoms. The van der Waals surface area contributed by atoms with E-state index in [0.717, 1.165) is 19.4 Å². The Bertz CT molecular complexity index is 476. The molecule has 0 saturated carbocycles. The highest BCUT2D eigenvalue weighted by atomic mass is 15.2. The molecule has 0 radical (unpaired) electrons. The Morgan fingerprint density at radius 3 is 2.63 bits per heavy atom. The van der Waals surface area contributed by atoms with E-state index in [1.165, 1.54) is 17.5 Å². The summed E-state index contributed by atoms with van der Waals surface area (Å²) in [5.41, 5.74) is 2.76. The van der Waals surface area contributed by atoms with E-state index in [1.807, 2.05) is 25.0 Å². The second-order valence-electron chi connectivity index (χ2n) is 5.17. The van der Waals surface area contributed by atoms with E-state index >= 15 is 0 Å². The molecule has 0 spiro atoms. The van der Waals surface area contributed by atoms with Crippen molar-refractivity contribution in [3.63, 3.8) is 0 Å². The standard InChI is InChI=1S/C16H23N3/c1-17-11-15(10-14-6-4-3-5-7-14)8-9-16-12-18-19(2)13-16/h3-7,12-13,15,17H,8-11H2,1-2H3. The molecule has 19 heavy (non-hydrogen) atoms. The number of aromatic nitrogens is 2. The summed E-state index contributed by atoms with van der Waals surface area (Å²) in [6.07, 6.45) is 7.52. The van der Waals surface area contributed by atoms with Crippen molar-refractivity contribution in [1.82, 2.24) is 15.1 Å². The lowest BCUT2D eigenvalue weighted by molar-refractivity contribution is 0.461. The third kappa shape index (κ3) is 4.52. The summed E-state index contributed by atoms with van der Waals surface area (Å²) < 4.78 is 1.87. The van der Waals surface area contributed by atoms with Crippen molar-refractivity contribution in [2.45, 2.75) is 19.3 Å². The van der Waals surface area contributed by atoms with Gasteiger partial charge in [-0.3, -0.25) is 4.68 Å². The summed E-state index contributed by atoms with van der Waals surface area (Å²) in [6.45, 7) is 1.06. The fraction of sp³-hybridized carbons (Fsp3) is 0.438. The van der Waals surface area contributed by atoms with Gasteiger partial charge in [0, 0.05) is 13.2 Å². The molecule has 0 saturated heterocycles. The molecule has 0 aliphatic heterocycles. The third-order valence-electron chi connectivity index (χ3n) is 3.46. The fourth-order valence-corrected chi connectivity index (χ4v) is 2.48. The quantitative estimate of drug-likeness (QED) is 0.825. The predicted octanol–water partition coefficient (Wildman–Crippen LogP) is 2.43. The largest absolute Gasteiger partial charge is 0.319 e. The summed E-state index contributed by atoms with van der Waals surface area (Å²) in [5, 5.41) is 7.53. The first-order chi connectivity index (χ1) is 9.28. The molecule has 2 aromatic rings. The number of rotatable bonds is 7. The summed E-state index contributed by atoms with van der Waals surface area (Å²) in [6, 6.07) is 10.7. The molecule has 0 aliphatic rings. The Balaban J connectivity index is 1.89. The number of aryl methyl sites for hydroxylation is 2. The molecule has 0 amide bonds. The minimum absolute atomic E-state index is 0.674. The van der Waals surface area contributed by atoms with Crippen LogP contribution in [0.3, 0.4) is 0 Å². The van der Waals surface area contributed by atoms with Crippen molar-refractivity contribution in [2.75, 3.05) is 13.6 Å². The lowest BCUT2D eigenvalue weighted by Crippen LogP contribution is -2.21. The number of hydrogen-bond acceptors (Lipinski definition) is 2. The van der Waals surface area contributed by atoms with Crippen LogP contribution in [0.25, 0.3) is 0 Å². The van der Waals surface area contributed by atoms with E-state index in [1.54, 1.807) is 0 Å². The normalized spacial score (nSPS) is 12.5. The maximum Gasteiger partial charge on any atom is 0.0521 e. The van der Waals surface area contributed by atoms with Crippen molar-refractivity contribution >= 4 is 0 Å². The highest BCUT2D eigenvalue weighted by Crippen LogP contribution is 2.14. The summed E-state index contributed by atoms with van der Waals surface area (Å²) in [4.78, 5) is 0.